The number of hydrogen-bond donors (Lipinski definition) is 1. The molecule has 0 saturated carbocycles. The van der Waals surface area contributed by atoms with Crippen molar-refractivity contribution in [3.05, 3.63) is 89.2 Å². The number of carbonyl (C=O) groups excluding carboxylic acids is 1. The standard InChI is InChI=1S/C23H21ClN2O2/c1-23(2,28-21-13-10-18(24)11-14-21)22(27)26-20-8-5-6-17(16-20)9-12-19-7-3-4-15-25-19/h3-16H,1-2H3,(H,26,27)/b12-9+. The lowest BCUT2D eigenvalue weighted by molar-refractivity contribution is -0.128. The van der Waals surface area contributed by atoms with E-state index in [4.69, 9.17) is 16.3 Å². The van der Waals surface area contributed by atoms with Gasteiger partial charge in [-0.25, -0.2) is 0 Å². The maximum absolute atomic E-state index is 12.7. The minimum atomic E-state index is -1.05. The predicted octanol–water partition coefficient (Wildman–Crippen LogP) is 5.70. The number of amides is 1. The highest BCUT2D eigenvalue weighted by molar-refractivity contribution is 6.30. The summed E-state index contributed by atoms with van der Waals surface area (Å²) in [6.07, 6.45) is 5.63. The second-order valence-electron chi connectivity index (χ2n) is 6.73. The molecular formula is C23H21ClN2O2. The van der Waals surface area contributed by atoms with Crippen LogP contribution in [-0.2, 0) is 4.79 Å². The van der Waals surface area contributed by atoms with Gasteiger partial charge in [0, 0.05) is 16.9 Å². The number of hydrogen-bond acceptors (Lipinski definition) is 3. The van der Waals surface area contributed by atoms with Crippen molar-refractivity contribution in [2.45, 2.75) is 19.4 Å². The Morgan fingerprint density at radius 3 is 2.54 bits per heavy atom. The summed E-state index contributed by atoms with van der Waals surface area (Å²) in [5.41, 5.74) is 1.48. The van der Waals surface area contributed by atoms with Crippen LogP contribution in [0.3, 0.4) is 0 Å². The van der Waals surface area contributed by atoms with Crippen LogP contribution in [0.4, 0.5) is 5.69 Å². The van der Waals surface area contributed by atoms with Crippen LogP contribution in [0.2, 0.25) is 5.02 Å². The SMILES string of the molecule is CC(C)(Oc1ccc(Cl)cc1)C(=O)Nc1cccc(/C=C/c2ccccn2)c1. The van der Waals surface area contributed by atoms with Crippen LogP contribution in [-0.4, -0.2) is 16.5 Å². The third-order valence-electron chi connectivity index (χ3n) is 4.01. The summed E-state index contributed by atoms with van der Waals surface area (Å²) in [6, 6.07) is 20.3. The summed E-state index contributed by atoms with van der Waals surface area (Å²) < 4.78 is 5.83. The molecule has 4 nitrogen and oxygen atoms in total. The molecule has 142 valence electrons. The van der Waals surface area contributed by atoms with Gasteiger partial charge in [0.2, 0.25) is 0 Å². The molecule has 1 heterocycles. The van der Waals surface area contributed by atoms with Crippen molar-refractivity contribution in [2.24, 2.45) is 0 Å². The van der Waals surface area contributed by atoms with E-state index >= 15 is 0 Å². The Kier molecular flexibility index (Phi) is 6.12. The van der Waals surface area contributed by atoms with Gasteiger partial charge in [-0.3, -0.25) is 9.78 Å². The maximum Gasteiger partial charge on any atom is 0.267 e. The quantitative estimate of drug-likeness (QED) is 0.585. The largest absolute Gasteiger partial charge is 0.478 e. The lowest BCUT2D eigenvalue weighted by Gasteiger charge is -2.25. The number of halogens is 1. The molecule has 3 rings (SSSR count). The minimum absolute atomic E-state index is 0.242. The Morgan fingerprint density at radius 2 is 1.82 bits per heavy atom. The van der Waals surface area contributed by atoms with E-state index in [1.54, 1.807) is 44.3 Å². The van der Waals surface area contributed by atoms with E-state index < -0.39 is 5.60 Å². The second-order valence-corrected chi connectivity index (χ2v) is 7.17. The fourth-order valence-corrected chi connectivity index (χ4v) is 2.63. The Morgan fingerprint density at radius 1 is 1.04 bits per heavy atom. The normalized spacial score (nSPS) is 11.4. The smallest absolute Gasteiger partial charge is 0.267 e. The molecule has 1 amide bonds. The molecule has 0 aliphatic carbocycles. The predicted molar refractivity (Wildman–Crippen MR) is 114 cm³/mol. The van der Waals surface area contributed by atoms with Crippen LogP contribution in [0.5, 0.6) is 5.75 Å². The summed E-state index contributed by atoms with van der Waals surface area (Å²) in [7, 11) is 0. The lowest BCUT2D eigenvalue weighted by Crippen LogP contribution is -2.42. The van der Waals surface area contributed by atoms with Gasteiger partial charge in [-0.1, -0.05) is 35.9 Å². The highest BCUT2D eigenvalue weighted by Crippen LogP contribution is 2.22. The summed E-state index contributed by atoms with van der Waals surface area (Å²) >= 11 is 5.89. The van der Waals surface area contributed by atoms with Gasteiger partial charge in [0.25, 0.3) is 5.91 Å². The molecular weight excluding hydrogens is 372 g/mol. The first-order valence-electron chi connectivity index (χ1n) is 8.88. The Balaban J connectivity index is 1.67. The van der Waals surface area contributed by atoms with Gasteiger partial charge in [-0.15, -0.1) is 0 Å². The number of anilines is 1. The molecule has 0 bridgehead atoms. The molecule has 0 unspecified atom stereocenters. The number of ether oxygens (including phenoxy) is 1. The summed E-state index contributed by atoms with van der Waals surface area (Å²) in [6.45, 7) is 3.45. The molecule has 1 N–H and O–H groups in total. The molecule has 0 aliphatic heterocycles. The van der Waals surface area contributed by atoms with Crippen LogP contribution in [0.1, 0.15) is 25.1 Å². The van der Waals surface area contributed by atoms with Crippen molar-refractivity contribution in [3.63, 3.8) is 0 Å². The lowest BCUT2D eigenvalue weighted by atomic mass is 10.1. The molecule has 0 aliphatic rings. The molecule has 0 fully saturated rings. The third-order valence-corrected chi connectivity index (χ3v) is 4.26. The zero-order valence-corrected chi connectivity index (χ0v) is 16.5. The van der Waals surface area contributed by atoms with Crippen molar-refractivity contribution < 1.29 is 9.53 Å². The first-order valence-corrected chi connectivity index (χ1v) is 9.25. The van der Waals surface area contributed by atoms with E-state index in [9.17, 15) is 4.79 Å². The Hall–Kier alpha value is -3.11. The minimum Gasteiger partial charge on any atom is -0.478 e. The molecule has 28 heavy (non-hydrogen) atoms. The Labute approximate surface area is 169 Å². The topological polar surface area (TPSA) is 51.2 Å². The van der Waals surface area contributed by atoms with Gasteiger partial charge in [0.15, 0.2) is 5.60 Å². The van der Waals surface area contributed by atoms with Gasteiger partial charge in [0.1, 0.15) is 5.75 Å². The zero-order chi connectivity index (χ0) is 20.0. The van der Waals surface area contributed by atoms with Crippen molar-refractivity contribution in [1.29, 1.82) is 0 Å². The number of rotatable bonds is 6. The van der Waals surface area contributed by atoms with Crippen molar-refractivity contribution in [3.8, 4) is 5.75 Å². The van der Waals surface area contributed by atoms with Crippen LogP contribution < -0.4 is 10.1 Å². The van der Waals surface area contributed by atoms with Crippen LogP contribution in [0.25, 0.3) is 12.2 Å². The van der Waals surface area contributed by atoms with Gasteiger partial charge < -0.3 is 10.1 Å². The van der Waals surface area contributed by atoms with Gasteiger partial charge in [-0.2, -0.15) is 0 Å². The van der Waals surface area contributed by atoms with Gasteiger partial charge in [-0.05, 0) is 74.0 Å². The van der Waals surface area contributed by atoms with Gasteiger partial charge in [0.05, 0.1) is 5.69 Å². The molecule has 0 saturated heterocycles. The molecule has 0 spiro atoms. The molecule has 5 heteroatoms. The number of benzene rings is 2. The van der Waals surface area contributed by atoms with Crippen LogP contribution in [0, 0.1) is 0 Å². The highest BCUT2D eigenvalue weighted by Gasteiger charge is 2.30. The van der Waals surface area contributed by atoms with E-state index in [1.807, 2.05) is 54.6 Å². The van der Waals surface area contributed by atoms with Crippen LogP contribution >= 0.6 is 11.6 Å². The second kappa shape index (κ2) is 8.72. The van der Waals surface area contributed by atoms with E-state index in [0.717, 1.165) is 11.3 Å². The number of aromatic nitrogens is 1. The van der Waals surface area contributed by atoms with E-state index in [-0.39, 0.29) is 5.91 Å². The number of nitrogens with zero attached hydrogens (tertiary/aromatic N) is 1. The molecule has 2 aromatic carbocycles. The van der Waals surface area contributed by atoms with Crippen molar-refractivity contribution in [2.75, 3.05) is 5.32 Å². The summed E-state index contributed by atoms with van der Waals surface area (Å²) in [5, 5.41) is 3.53. The fourth-order valence-electron chi connectivity index (χ4n) is 2.50. The van der Waals surface area contributed by atoms with Crippen molar-refractivity contribution >= 4 is 35.3 Å². The van der Waals surface area contributed by atoms with E-state index in [1.165, 1.54) is 0 Å². The average molecular weight is 393 g/mol. The fraction of sp³-hybridized carbons (Fsp3) is 0.130. The highest BCUT2D eigenvalue weighted by atomic mass is 35.5. The third kappa shape index (κ3) is 5.44. The number of pyridine rings is 1. The zero-order valence-electron chi connectivity index (χ0n) is 15.7. The molecule has 3 aromatic rings. The average Bonchev–Trinajstić information content (AvgIpc) is 2.69. The van der Waals surface area contributed by atoms with E-state index in [2.05, 4.69) is 10.3 Å². The number of carbonyl (C=O) groups is 1. The first-order chi connectivity index (χ1) is 13.4. The Bertz CT molecular complexity index is 967. The maximum atomic E-state index is 12.7. The van der Waals surface area contributed by atoms with Crippen LogP contribution in [0.15, 0.2) is 72.9 Å². The van der Waals surface area contributed by atoms with Gasteiger partial charge >= 0.3 is 0 Å². The van der Waals surface area contributed by atoms with E-state index in [0.29, 0.717) is 16.5 Å². The van der Waals surface area contributed by atoms with Crippen molar-refractivity contribution in [1.82, 2.24) is 4.98 Å². The monoisotopic (exact) mass is 392 g/mol. The first kappa shape index (κ1) is 19.6. The molecule has 0 atom stereocenters. The summed E-state index contributed by atoms with van der Waals surface area (Å²) in [5.74, 6) is 0.338. The number of nitrogens with one attached hydrogen (secondary N) is 1. The molecule has 0 radical (unpaired) electrons. The molecule has 1 aromatic heterocycles. The summed E-state index contributed by atoms with van der Waals surface area (Å²) in [4.78, 5) is 17.0.